The molecule has 1 unspecified atom stereocenters. The molecule has 1 amide bonds. The minimum atomic E-state index is -0.879. The van der Waals surface area contributed by atoms with Gasteiger partial charge in [-0.1, -0.05) is 0 Å². The van der Waals surface area contributed by atoms with E-state index in [4.69, 9.17) is 13.9 Å². The van der Waals surface area contributed by atoms with Gasteiger partial charge in [0.05, 0.1) is 31.7 Å². The second kappa shape index (κ2) is 9.86. The molecule has 0 radical (unpaired) electrons. The first kappa shape index (κ1) is 23.8. The van der Waals surface area contributed by atoms with Crippen LogP contribution in [0.25, 0.3) is 5.76 Å². The van der Waals surface area contributed by atoms with Crippen LogP contribution < -0.4 is 0 Å². The van der Waals surface area contributed by atoms with E-state index in [0.717, 1.165) is 13.1 Å². The highest BCUT2D eigenvalue weighted by Gasteiger charge is 2.47. The van der Waals surface area contributed by atoms with Gasteiger partial charge in [0.2, 0.25) is 0 Å². The first-order valence-electron chi connectivity index (χ1n) is 11.3. The van der Waals surface area contributed by atoms with E-state index < -0.39 is 23.7 Å². The van der Waals surface area contributed by atoms with E-state index in [1.807, 2.05) is 0 Å². The normalized spacial score (nSPS) is 20.8. The molecule has 34 heavy (non-hydrogen) atoms. The molecule has 2 aliphatic rings. The minimum absolute atomic E-state index is 0.0671. The average Bonchev–Trinajstić information content (AvgIpc) is 3.51. The van der Waals surface area contributed by atoms with Crippen molar-refractivity contribution >= 4 is 23.4 Å². The largest absolute Gasteiger partial charge is 0.507 e. The molecule has 10 heteroatoms. The summed E-state index contributed by atoms with van der Waals surface area (Å²) < 4.78 is 16.0. The summed E-state index contributed by atoms with van der Waals surface area (Å²) in [6.45, 7) is 8.80. The maximum absolute atomic E-state index is 13.2. The summed E-state index contributed by atoms with van der Waals surface area (Å²) in [5.41, 5.74) is 1.34. The Morgan fingerprint density at radius 3 is 2.62 bits per heavy atom. The molecular weight excluding hydrogens is 442 g/mol. The van der Waals surface area contributed by atoms with Gasteiger partial charge in [0.25, 0.3) is 11.7 Å². The van der Waals surface area contributed by atoms with Gasteiger partial charge in [-0.05, 0) is 38.5 Å². The number of H-pyrrole nitrogens is 1. The number of ether oxygens (including phenoxy) is 2. The second-order valence-electron chi connectivity index (χ2n) is 8.31. The Morgan fingerprint density at radius 2 is 1.97 bits per heavy atom. The third-order valence-electron chi connectivity index (χ3n) is 6.27. The van der Waals surface area contributed by atoms with E-state index in [1.54, 1.807) is 32.9 Å². The first-order valence-corrected chi connectivity index (χ1v) is 11.3. The van der Waals surface area contributed by atoms with Crippen LogP contribution in [-0.4, -0.2) is 83.5 Å². The molecule has 2 aliphatic heterocycles. The van der Waals surface area contributed by atoms with Crippen molar-refractivity contribution in [2.24, 2.45) is 0 Å². The number of aromatic amines is 1. The molecule has 0 bridgehead atoms. The van der Waals surface area contributed by atoms with Crippen molar-refractivity contribution in [3.8, 4) is 0 Å². The van der Waals surface area contributed by atoms with Crippen molar-refractivity contribution in [2.75, 3.05) is 46.0 Å². The van der Waals surface area contributed by atoms with Gasteiger partial charge in [-0.15, -0.1) is 0 Å². The fraction of sp³-hybridized carbons (Fsp3) is 0.458. The zero-order chi connectivity index (χ0) is 24.4. The smallest absolute Gasteiger partial charge is 0.355 e. The fourth-order valence-corrected chi connectivity index (χ4v) is 4.57. The van der Waals surface area contributed by atoms with E-state index in [1.165, 1.54) is 11.2 Å². The van der Waals surface area contributed by atoms with Gasteiger partial charge >= 0.3 is 5.97 Å². The van der Waals surface area contributed by atoms with Crippen molar-refractivity contribution in [3.63, 3.8) is 0 Å². The van der Waals surface area contributed by atoms with Crippen LogP contribution in [0.4, 0.5) is 0 Å². The van der Waals surface area contributed by atoms with Gasteiger partial charge in [0.1, 0.15) is 23.3 Å². The van der Waals surface area contributed by atoms with Crippen molar-refractivity contribution in [1.29, 1.82) is 0 Å². The highest BCUT2D eigenvalue weighted by molar-refractivity contribution is 6.46. The van der Waals surface area contributed by atoms with Crippen LogP contribution in [0.1, 0.15) is 46.0 Å². The number of nitrogens with one attached hydrogen (secondary N) is 1. The molecule has 2 saturated heterocycles. The lowest BCUT2D eigenvalue weighted by atomic mass is 9.97. The minimum Gasteiger partial charge on any atom is -0.507 e. The van der Waals surface area contributed by atoms with E-state index >= 15 is 0 Å². The standard InChI is InChI=1S/C24H29N3O7/c1-4-33-24(31)19-14(2)17(15(3)25-19)21(28)18-20(16-6-5-11-34-16)27(23(30)22(18)29)8-7-26-9-12-32-13-10-26/h5-6,11,20,25,28H,4,7-10,12-13H2,1-3H3. The molecule has 2 N–H and O–H groups in total. The Bertz CT molecular complexity index is 1110. The Kier molecular flexibility index (Phi) is 6.90. The van der Waals surface area contributed by atoms with E-state index in [2.05, 4.69) is 9.88 Å². The van der Waals surface area contributed by atoms with Gasteiger partial charge in [0, 0.05) is 37.4 Å². The molecule has 0 aromatic carbocycles. The SMILES string of the molecule is CCOC(=O)c1[nH]c(C)c(C(O)=C2C(=O)C(=O)N(CCN3CCOCC3)C2c2ccco2)c1C. The van der Waals surface area contributed by atoms with Crippen molar-refractivity contribution in [3.05, 3.63) is 52.2 Å². The molecule has 4 heterocycles. The number of carbonyl (C=O) groups excluding carboxylic acids is 3. The molecule has 182 valence electrons. The molecule has 10 nitrogen and oxygen atoms in total. The lowest BCUT2D eigenvalue weighted by molar-refractivity contribution is -0.140. The number of aromatic nitrogens is 1. The van der Waals surface area contributed by atoms with Gasteiger partial charge in [-0.2, -0.15) is 0 Å². The number of morpholine rings is 1. The zero-order valence-corrected chi connectivity index (χ0v) is 19.6. The van der Waals surface area contributed by atoms with E-state index in [-0.39, 0.29) is 30.2 Å². The Morgan fingerprint density at radius 1 is 1.24 bits per heavy atom. The molecule has 2 aromatic rings. The van der Waals surface area contributed by atoms with Gasteiger partial charge in [-0.3, -0.25) is 14.5 Å². The number of hydrogen-bond donors (Lipinski definition) is 2. The molecule has 0 spiro atoms. The average molecular weight is 472 g/mol. The highest BCUT2D eigenvalue weighted by Crippen LogP contribution is 2.40. The molecule has 1 atom stereocenters. The van der Waals surface area contributed by atoms with Gasteiger partial charge in [-0.25, -0.2) is 4.79 Å². The number of ketones is 1. The summed E-state index contributed by atoms with van der Waals surface area (Å²) >= 11 is 0. The number of nitrogens with zero attached hydrogens (tertiary/aromatic N) is 2. The number of esters is 1. The summed E-state index contributed by atoms with van der Waals surface area (Å²) in [5.74, 6) is -2.03. The van der Waals surface area contributed by atoms with Crippen molar-refractivity contribution in [2.45, 2.75) is 26.8 Å². The maximum Gasteiger partial charge on any atom is 0.355 e. The van der Waals surface area contributed by atoms with Crippen LogP contribution in [0.5, 0.6) is 0 Å². The summed E-state index contributed by atoms with van der Waals surface area (Å²) in [6, 6.07) is 2.46. The number of hydrogen-bond acceptors (Lipinski definition) is 8. The number of rotatable bonds is 7. The lowest BCUT2D eigenvalue weighted by Crippen LogP contribution is -2.42. The van der Waals surface area contributed by atoms with Crippen LogP contribution in [0.15, 0.2) is 28.4 Å². The maximum atomic E-state index is 13.2. The molecule has 2 fully saturated rings. The molecule has 0 aliphatic carbocycles. The van der Waals surface area contributed by atoms with Crippen LogP contribution in [0, 0.1) is 13.8 Å². The summed E-state index contributed by atoms with van der Waals surface area (Å²) in [4.78, 5) is 45.1. The monoisotopic (exact) mass is 471 g/mol. The van der Waals surface area contributed by atoms with Crippen LogP contribution in [0.3, 0.4) is 0 Å². The molecular formula is C24H29N3O7. The number of amides is 1. The zero-order valence-electron chi connectivity index (χ0n) is 19.6. The fourth-order valence-electron chi connectivity index (χ4n) is 4.57. The summed E-state index contributed by atoms with van der Waals surface area (Å²) in [7, 11) is 0. The predicted octanol–water partition coefficient (Wildman–Crippen LogP) is 2.16. The number of carbonyl (C=O) groups is 3. The number of likely N-dealkylation sites (tertiary alicyclic amines) is 1. The number of aliphatic hydroxyl groups is 1. The van der Waals surface area contributed by atoms with Crippen LogP contribution in [-0.2, 0) is 19.1 Å². The van der Waals surface area contributed by atoms with E-state index in [9.17, 15) is 19.5 Å². The van der Waals surface area contributed by atoms with Crippen LogP contribution in [0.2, 0.25) is 0 Å². The Hall–Kier alpha value is -3.37. The number of furan rings is 1. The molecule has 2 aromatic heterocycles. The predicted molar refractivity (Wildman–Crippen MR) is 121 cm³/mol. The van der Waals surface area contributed by atoms with Crippen molar-refractivity contribution < 1.29 is 33.4 Å². The summed E-state index contributed by atoms with van der Waals surface area (Å²) in [5, 5.41) is 11.3. The first-order chi connectivity index (χ1) is 16.3. The number of aryl methyl sites for hydroxylation is 1. The number of aliphatic hydroxyl groups excluding tert-OH is 1. The van der Waals surface area contributed by atoms with Gasteiger partial charge < -0.3 is 28.9 Å². The lowest BCUT2D eigenvalue weighted by Gasteiger charge is -2.30. The third-order valence-corrected chi connectivity index (χ3v) is 6.27. The quantitative estimate of drug-likeness (QED) is 0.272. The molecule has 4 rings (SSSR count). The molecule has 0 saturated carbocycles. The van der Waals surface area contributed by atoms with Crippen LogP contribution >= 0.6 is 0 Å². The van der Waals surface area contributed by atoms with E-state index in [0.29, 0.717) is 42.3 Å². The second-order valence-corrected chi connectivity index (χ2v) is 8.31. The third kappa shape index (κ3) is 4.26. The van der Waals surface area contributed by atoms with Gasteiger partial charge in [0.15, 0.2) is 0 Å². The summed E-state index contributed by atoms with van der Waals surface area (Å²) in [6.07, 6.45) is 1.46. The van der Waals surface area contributed by atoms with Crippen molar-refractivity contribution in [1.82, 2.24) is 14.8 Å². The number of Topliss-reactive ketones (excluding diaryl/α,β-unsaturated/α-hetero) is 1. The topological polar surface area (TPSA) is 125 Å². The highest BCUT2D eigenvalue weighted by atomic mass is 16.5. The Labute approximate surface area is 197 Å². The Balaban J connectivity index is 1.74.